The molecule has 0 bridgehead atoms. The molecular formula is C15H31NO2. The van der Waals surface area contributed by atoms with Gasteiger partial charge in [0.25, 0.3) is 0 Å². The van der Waals surface area contributed by atoms with Gasteiger partial charge in [-0.05, 0) is 58.0 Å². The van der Waals surface area contributed by atoms with Gasteiger partial charge in [-0.2, -0.15) is 0 Å². The van der Waals surface area contributed by atoms with Gasteiger partial charge in [0.2, 0.25) is 0 Å². The van der Waals surface area contributed by atoms with Crippen molar-refractivity contribution in [1.29, 1.82) is 0 Å². The first kappa shape index (κ1) is 15.9. The summed E-state index contributed by atoms with van der Waals surface area (Å²) < 4.78 is 5.46. The number of nitrogens with zero attached hydrogens (tertiary/aromatic N) is 1. The number of aliphatic hydroxyl groups is 1. The summed E-state index contributed by atoms with van der Waals surface area (Å²) in [6.07, 6.45) is 3.74. The molecule has 0 saturated carbocycles. The molecule has 2 unspecified atom stereocenters. The van der Waals surface area contributed by atoms with E-state index in [0.717, 1.165) is 31.5 Å². The van der Waals surface area contributed by atoms with E-state index in [1.165, 1.54) is 19.3 Å². The van der Waals surface area contributed by atoms with Gasteiger partial charge in [-0.1, -0.05) is 13.8 Å². The maximum atomic E-state index is 9.95. The average molecular weight is 257 g/mol. The maximum Gasteiger partial charge on any atom is 0.0900 e. The van der Waals surface area contributed by atoms with Crippen molar-refractivity contribution < 1.29 is 9.84 Å². The number of aliphatic hydroxyl groups excluding tert-OH is 1. The second kappa shape index (κ2) is 8.13. The van der Waals surface area contributed by atoms with E-state index >= 15 is 0 Å². The monoisotopic (exact) mass is 257 g/mol. The normalized spacial score (nSPS) is 24.5. The molecule has 2 atom stereocenters. The molecule has 3 nitrogen and oxygen atoms in total. The molecule has 1 aliphatic rings. The van der Waals surface area contributed by atoms with E-state index in [2.05, 4.69) is 18.7 Å². The summed E-state index contributed by atoms with van der Waals surface area (Å²) in [5.41, 5.74) is 0. The predicted molar refractivity (Wildman–Crippen MR) is 75.7 cm³/mol. The molecule has 1 rings (SSSR count). The van der Waals surface area contributed by atoms with Gasteiger partial charge in [-0.15, -0.1) is 0 Å². The summed E-state index contributed by atoms with van der Waals surface area (Å²) in [7, 11) is 0. The van der Waals surface area contributed by atoms with Crippen LogP contribution in [0.2, 0.25) is 0 Å². The third kappa shape index (κ3) is 6.17. The van der Waals surface area contributed by atoms with Crippen molar-refractivity contribution in [2.45, 2.75) is 59.2 Å². The summed E-state index contributed by atoms with van der Waals surface area (Å²) >= 11 is 0. The van der Waals surface area contributed by atoms with Gasteiger partial charge < -0.3 is 14.7 Å². The quantitative estimate of drug-likeness (QED) is 0.793. The van der Waals surface area contributed by atoms with Crippen LogP contribution in [0.4, 0.5) is 0 Å². The Morgan fingerprint density at radius 3 is 2.50 bits per heavy atom. The molecule has 1 saturated heterocycles. The van der Waals surface area contributed by atoms with Crippen LogP contribution in [0.25, 0.3) is 0 Å². The van der Waals surface area contributed by atoms with Gasteiger partial charge in [0.1, 0.15) is 0 Å². The van der Waals surface area contributed by atoms with Crippen molar-refractivity contribution in [3.8, 4) is 0 Å². The third-order valence-corrected chi connectivity index (χ3v) is 3.90. The Hall–Kier alpha value is -0.120. The highest BCUT2D eigenvalue weighted by Crippen LogP contribution is 2.24. The van der Waals surface area contributed by atoms with Gasteiger partial charge in [0.05, 0.1) is 18.8 Å². The highest BCUT2D eigenvalue weighted by atomic mass is 16.5. The van der Waals surface area contributed by atoms with E-state index < -0.39 is 0 Å². The smallest absolute Gasteiger partial charge is 0.0900 e. The Bertz CT molecular complexity index is 219. The minimum absolute atomic E-state index is 0.203. The first-order valence-corrected chi connectivity index (χ1v) is 7.51. The average Bonchev–Trinajstić information content (AvgIpc) is 2.52. The Morgan fingerprint density at radius 1 is 1.17 bits per heavy atom. The van der Waals surface area contributed by atoms with Crippen LogP contribution in [0.5, 0.6) is 0 Å². The molecule has 1 aliphatic heterocycles. The van der Waals surface area contributed by atoms with E-state index in [1.807, 2.05) is 13.8 Å². The molecule has 3 heteroatoms. The number of β-amino-alcohol motifs (C(OH)–C–C–N with tert-alkyl or cyclic N) is 1. The minimum Gasteiger partial charge on any atom is -0.389 e. The second-order valence-electron chi connectivity index (χ2n) is 6.27. The lowest BCUT2D eigenvalue weighted by Gasteiger charge is -2.24. The molecule has 108 valence electrons. The zero-order chi connectivity index (χ0) is 13.5. The van der Waals surface area contributed by atoms with Crippen LogP contribution in [-0.2, 0) is 4.74 Å². The predicted octanol–water partition coefficient (Wildman–Crippen LogP) is 2.53. The van der Waals surface area contributed by atoms with E-state index in [0.29, 0.717) is 6.61 Å². The SMILES string of the molecule is CC(C)OCC(O)CN1CCCC(C(C)C)CC1. The number of ether oxygens (including phenoxy) is 1. The van der Waals surface area contributed by atoms with Crippen molar-refractivity contribution in [3.63, 3.8) is 0 Å². The fourth-order valence-corrected chi connectivity index (χ4v) is 2.69. The number of rotatable bonds is 6. The zero-order valence-electron chi connectivity index (χ0n) is 12.6. The Labute approximate surface area is 113 Å². The fourth-order valence-electron chi connectivity index (χ4n) is 2.69. The van der Waals surface area contributed by atoms with Gasteiger partial charge in [0, 0.05) is 6.54 Å². The Balaban J connectivity index is 2.26. The van der Waals surface area contributed by atoms with E-state index in [4.69, 9.17) is 4.74 Å². The lowest BCUT2D eigenvalue weighted by Crippen LogP contribution is -2.36. The summed E-state index contributed by atoms with van der Waals surface area (Å²) in [5.74, 6) is 1.65. The van der Waals surface area contributed by atoms with E-state index in [1.54, 1.807) is 0 Å². The van der Waals surface area contributed by atoms with Gasteiger partial charge >= 0.3 is 0 Å². The van der Waals surface area contributed by atoms with Crippen LogP contribution >= 0.6 is 0 Å². The fraction of sp³-hybridized carbons (Fsp3) is 1.00. The van der Waals surface area contributed by atoms with Crippen LogP contribution in [0.1, 0.15) is 47.0 Å². The molecule has 1 fully saturated rings. The first-order valence-electron chi connectivity index (χ1n) is 7.51. The molecule has 0 aromatic heterocycles. The molecule has 0 aliphatic carbocycles. The topological polar surface area (TPSA) is 32.7 Å². The largest absolute Gasteiger partial charge is 0.389 e. The summed E-state index contributed by atoms with van der Waals surface area (Å²) in [6, 6.07) is 0. The van der Waals surface area contributed by atoms with Crippen LogP contribution in [0, 0.1) is 11.8 Å². The molecule has 1 N–H and O–H groups in total. The van der Waals surface area contributed by atoms with Gasteiger partial charge in [-0.3, -0.25) is 0 Å². The molecule has 0 radical (unpaired) electrons. The highest BCUT2D eigenvalue weighted by molar-refractivity contribution is 4.74. The first-order chi connectivity index (χ1) is 8.49. The Kier molecular flexibility index (Phi) is 7.20. The maximum absolute atomic E-state index is 9.95. The summed E-state index contributed by atoms with van der Waals surface area (Å²) in [6.45, 7) is 12.1. The summed E-state index contributed by atoms with van der Waals surface area (Å²) in [4.78, 5) is 2.40. The number of hydrogen-bond donors (Lipinski definition) is 1. The molecule has 1 heterocycles. The van der Waals surface area contributed by atoms with Gasteiger partial charge in [-0.25, -0.2) is 0 Å². The molecule has 0 spiro atoms. The van der Waals surface area contributed by atoms with Gasteiger partial charge in [0.15, 0.2) is 0 Å². The van der Waals surface area contributed by atoms with Crippen LogP contribution in [-0.4, -0.2) is 48.5 Å². The summed E-state index contributed by atoms with van der Waals surface area (Å²) in [5, 5.41) is 9.95. The molecule has 0 aromatic rings. The lowest BCUT2D eigenvalue weighted by atomic mass is 9.89. The number of hydrogen-bond acceptors (Lipinski definition) is 3. The minimum atomic E-state index is -0.344. The van der Waals surface area contributed by atoms with Crippen molar-refractivity contribution >= 4 is 0 Å². The zero-order valence-corrected chi connectivity index (χ0v) is 12.6. The molecule has 0 amide bonds. The molecular weight excluding hydrogens is 226 g/mol. The van der Waals surface area contributed by atoms with Crippen LogP contribution in [0.15, 0.2) is 0 Å². The van der Waals surface area contributed by atoms with Crippen molar-refractivity contribution in [3.05, 3.63) is 0 Å². The van der Waals surface area contributed by atoms with E-state index in [-0.39, 0.29) is 12.2 Å². The van der Waals surface area contributed by atoms with Crippen molar-refractivity contribution in [2.75, 3.05) is 26.2 Å². The number of likely N-dealkylation sites (tertiary alicyclic amines) is 1. The van der Waals surface area contributed by atoms with Crippen molar-refractivity contribution in [1.82, 2.24) is 4.90 Å². The molecule has 0 aromatic carbocycles. The van der Waals surface area contributed by atoms with Crippen molar-refractivity contribution in [2.24, 2.45) is 11.8 Å². The standard InChI is InChI=1S/C15H31NO2/c1-12(2)14-6-5-8-16(9-7-14)10-15(17)11-18-13(3)4/h12-15,17H,5-11H2,1-4H3. The third-order valence-electron chi connectivity index (χ3n) is 3.90. The molecule has 18 heavy (non-hydrogen) atoms. The van der Waals surface area contributed by atoms with E-state index in [9.17, 15) is 5.11 Å². The highest BCUT2D eigenvalue weighted by Gasteiger charge is 2.20. The second-order valence-corrected chi connectivity index (χ2v) is 6.27. The van der Waals surface area contributed by atoms with Crippen LogP contribution in [0.3, 0.4) is 0 Å². The van der Waals surface area contributed by atoms with Crippen LogP contribution < -0.4 is 0 Å². The lowest BCUT2D eigenvalue weighted by molar-refractivity contribution is -0.00820. The Morgan fingerprint density at radius 2 is 1.89 bits per heavy atom.